The van der Waals surface area contributed by atoms with E-state index in [2.05, 4.69) is 10.1 Å². The van der Waals surface area contributed by atoms with Crippen molar-refractivity contribution in [3.63, 3.8) is 0 Å². The van der Waals surface area contributed by atoms with Gasteiger partial charge >= 0.3 is 5.97 Å². The summed E-state index contributed by atoms with van der Waals surface area (Å²) in [7, 11) is 0. The fraction of sp³-hybridized carbons (Fsp3) is 0.462. The van der Waals surface area contributed by atoms with Gasteiger partial charge in [0.25, 0.3) is 0 Å². The molecule has 0 radical (unpaired) electrons. The summed E-state index contributed by atoms with van der Waals surface area (Å²) in [6, 6.07) is 3.87. The van der Waals surface area contributed by atoms with Gasteiger partial charge in [-0.05, 0) is 25.0 Å². The molecule has 0 aromatic carbocycles. The van der Waals surface area contributed by atoms with Crippen LogP contribution < -0.4 is 0 Å². The van der Waals surface area contributed by atoms with Crippen molar-refractivity contribution in [2.75, 3.05) is 13.2 Å². The van der Waals surface area contributed by atoms with Crippen LogP contribution >= 0.6 is 0 Å². The number of aromatic nitrogens is 3. The van der Waals surface area contributed by atoms with E-state index >= 15 is 0 Å². The lowest BCUT2D eigenvalue weighted by atomic mass is 9.96. The largest absolute Gasteiger partial charge is 0.481 e. The molecule has 1 aliphatic heterocycles. The number of rotatable bonds is 3. The predicted octanol–water partition coefficient (Wildman–Crippen LogP) is 1.25. The second-order valence-electron chi connectivity index (χ2n) is 4.75. The average molecular weight is 261 g/mol. The number of carboxylic acid groups (broad SMARTS) is 1. The predicted molar refractivity (Wildman–Crippen MR) is 67.1 cm³/mol. The van der Waals surface area contributed by atoms with Gasteiger partial charge < -0.3 is 9.84 Å². The molecule has 0 aliphatic carbocycles. The normalized spacial score (nSPS) is 16.8. The monoisotopic (exact) mass is 261 g/mol. The summed E-state index contributed by atoms with van der Waals surface area (Å²) in [6.45, 7) is 1.55. The van der Waals surface area contributed by atoms with Crippen molar-refractivity contribution < 1.29 is 14.6 Å². The third-order valence-corrected chi connectivity index (χ3v) is 3.36. The lowest BCUT2D eigenvalue weighted by molar-refractivity contribution is -0.136. The third kappa shape index (κ3) is 2.58. The second kappa shape index (κ2) is 4.97. The summed E-state index contributed by atoms with van der Waals surface area (Å²) in [5, 5.41) is 13.3. The Hall–Kier alpha value is -1.95. The molecule has 0 spiro atoms. The van der Waals surface area contributed by atoms with Gasteiger partial charge in [0.15, 0.2) is 5.65 Å². The second-order valence-corrected chi connectivity index (χ2v) is 4.75. The van der Waals surface area contributed by atoms with Crippen molar-refractivity contribution in [2.24, 2.45) is 0 Å². The highest BCUT2D eigenvalue weighted by atomic mass is 16.5. The van der Waals surface area contributed by atoms with Gasteiger partial charge in [-0.3, -0.25) is 4.79 Å². The van der Waals surface area contributed by atoms with Crippen LogP contribution in [0, 0.1) is 0 Å². The van der Waals surface area contributed by atoms with E-state index in [4.69, 9.17) is 9.84 Å². The molecule has 0 amide bonds. The number of hydrogen-bond acceptors (Lipinski definition) is 4. The highest BCUT2D eigenvalue weighted by Crippen LogP contribution is 2.25. The molecule has 3 heterocycles. The van der Waals surface area contributed by atoms with Crippen molar-refractivity contribution in [3.05, 3.63) is 29.7 Å². The molecule has 1 fully saturated rings. The van der Waals surface area contributed by atoms with Gasteiger partial charge in [-0.1, -0.05) is 0 Å². The Balaban J connectivity index is 1.89. The molecule has 0 unspecified atom stereocenters. The maximum Gasteiger partial charge on any atom is 0.309 e. The Bertz CT molecular complexity index is 602. The molecular weight excluding hydrogens is 246 g/mol. The molecule has 2 aromatic rings. The van der Waals surface area contributed by atoms with Gasteiger partial charge in [0, 0.05) is 19.1 Å². The number of nitrogens with zero attached hydrogens (tertiary/aromatic N) is 3. The van der Waals surface area contributed by atoms with E-state index in [1.165, 1.54) is 0 Å². The fourth-order valence-electron chi connectivity index (χ4n) is 2.40. The molecule has 1 saturated heterocycles. The number of hydrogen-bond donors (Lipinski definition) is 1. The summed E-state index contributed by atoms with van der Waals surface area (Å²) in [5.74, 6) is -0.462. The van der Waals surface area contributed by atoms with Crippen LogP contribution in [0.1, 0.15) is 30.1 Å². The SMILES string of the molecule is O=C(O)Cc1cn2nc(C3CCOCC3)ccc2n1. The van der Waals surface area contributed by atoms with Crippen LogP contribution in [0.2, 0.25) is 0 Å². The van der Waals surface area contributed by atoms with Crippen LogP contribution in [0.4, 0.5) is 0 Å². The van der Waals surface area contributed by atoms with Gasteiger partial charge in [-0.15, -0.1) is 0 Å². The molecule has 0 atom stereocenters. The Morgan fingerprint density at radius 3 is 2.95 bits per heavy atom. The van der Waals surface area contributed by atoms with Crippen LogP contribution in [0.3, 0.4) is 0 Å². The van der Waals surface area contributed by atoms with E-state index in [1.54, 1.807) is 10.7 Å². The van der Waals surface area contributed by atoms with Gasteiger partial charge in [-0.2, -0.15) is 5.10 Å². The third-order valence-electron chi connectivity index (χ3n) is 3.36. The summed E-state index contributed by atoms with van der Waals surface area (Å²) in [6.07, 6.45) is 3.58. The number of aliphatic carboxylic acids is 1. The topological polar surface area (TPSA) is 76.7 Å². The molecule has 3 rings (SSSR count). The summed E-state index contributed by atoms with van der Waals surface area (Å²) < 4.78 is 7.01. The summed E-state index contributed by atoms with van der Waals surface area (Å²) in [5.41, 5.74) is 2.24. The molecule has 1 aliphatic rings. The molecule has 2 aromatic heterocycles. The minimum Gasteiger partial charge on any atom is -0.481 e. The van der Waals surface area contributed by atoms with E-state index in [9.17, 15) is 4.79 Å². The standard InChI is InChI=1S/C13H15N3O3/c17-13(18)7-10-8-16-12(14-10)2-1-11(15-16)9-3-5-19-6-4-9/h1-2,8-9H,3-7H2,(H,17,18). The Morgan fingerprint density at radius 1 is 1.42 bits per heavy atom. The minimum absolute atomic E-state index is 0.0735. The van der Waals surface area contributed by atoms with Crippen molar-refractivity contribution in [3.8, 4) is 0 Å². The molecule has 0 saturated carbocycles. The maximum absolute atomic E-state index is 10.7. The van der Waals surface area contributed by atoms with Crippen LogP contribution in [-0.2, 0) is 16.0 Å². The molecule has 6 nitrogen and oxygen atoms in total. The average Bonchev–Trinajstić information content (AvgIpc) is 2.79. The Labute approximate surface area is 110 Å². The maximum atomic E-state index is 10.7. The number of fused-ring (bicyclic) bond motifs is 1. The highest BCUT2D eigenvalue weighted by Gasteiger charge is 2.18. The van der Waals surface area contributed by atoms with Crippen molar-refractivity contribution >= 4 is 11.6 Å². The zero-order chi connectivity index (χ0) is 13.2. The lowest BCUT2D eigenvalue weighted by Crippen LogP contribution is -2.15. The molecular formula is C13H15N3O3. The smallest absolute Gasteiger partial charge is 0.309 e. The zero-order valence-electron chi connectivity index (χ0n) is 10.5. The van der Waals surface area contributed by atoms with Gasteiger partial charge in [-0.25, -0.2) is 9.50 Å². The van der Waals surface area contributed by atoms with E-state index in [1.807, 2.05) is 12.1 Å². The van der Waals surface area contributed by atoms with E-state index < -0.39 is 5.97 Å². The van der Waals surface area contributed by atoms with E-state index in [0.29, 0.717) is 17.3 Å². The van der Waals surface area contributed by atoms with E-state index in [0.717, 1.165) is 31.7 Å². The van der Waals surface area contributed by atoms with Gasteiger partial charge in [0.2, 0.25) is 0 Å². The van der Waals surface area contributed by atoms with E-state index in [-0.39, 0.29) is 6.42 Å². The van der Waals surface area contributed by atoms with Gasteiger partial charge in [0.1, 0.15) is 0 Å². The lowest BCUT2D eigenvalue weighted by Gasteiger charge is -2.21. The molecule has 6 heteroatoms. The molecule has 1 N–H and O–H groups in total. The van der Waals surface area contributed by atoms with Crippen molar-refractivity contribution in [1.29, 1.82) is 0 Å². The van der Waals surface area contributed by atoms with Crippen molar-refractivity contribution in [2.45, 2.75) is 25.2 Å². The first kappa shape index (κ1) is 12.1. The fourth-order valence-corrected chi connectivity index (χ4v) is 2.40. The molecule has 0 bridgehead atoms. The zero-order valence-corrected chi connectivity index (χ0v) is 10.5. The van der Waals surface area contributed by atoms with Crippen molar-refractivity contribution in [1.82, 2.24) is 14.6 Å². The number of imidazole rings is 1. The summed E-state index contributed by atoms with van der Waals surface area (Å²) >= 11 is 0. The quantitative estimate of drug-likeness (QED) is 0.899. The Kier molecular flexibility index (Phi) is 3.16. The first-order valence-electron chi connectivity index (χ1n) is 6.37. The number of carbonyl (C=O) groups is 1. The van der Waals surface area contributed by atoms with Crippen LogP contribution in [0.5, 0.6) is 0 Å². The summed E-state index contributed by atoms with van der Waals surface area (Å²) in [4.78, 5) is 14.9. The van der Waals surface area contributed by atoms with Crippen LogP contribution in [-0.4, -0.2) is 38.9 Å². The first-order valence-corrected chi connectivity index (χ1v) is 6.37. The number of ether oxygens (including phenoxy) is 1. The molecule has 100 valence electrons. The highest BCUT2D eigenvalue weighted by molar-refractivity contribution is 5.69. The van der Waals surface area contributed by atoms with Crippen LogP contribution in [0.25, 0.3) is 5.65 Å². The Morgan fingerprint density at radius 2 is 2.21 bits per heavy atom. The minimum atomic E-state index is -0.881. The first-order chi connectivity index (χ1) is 9.22. The molecule has 19 heavy (non-hydrogen) atoms. The van der Waals surface area contributed by atoms with Crippen LogP contribution in [0.15, 0.2) is 18.3 Å². The van der Waals surface area contributed by atoms with Gasteiger partial charge in [0.05, 0.1) is 24.0 Å². The number of carboxylic acids is 1.